The number of hydrogen-bond acceptors (Lipinski definition) is 2. The Hall–Kier alpha value is -1.31. The van der Waals surface area contributed by atoms with Crippen molar-refractivity contribution in [3.63, 3.8) is 0 Å². The van der Waals surface area contributed by atoms with Crippen LogP contribution in [0.4, 0.5) is 0 Å². The molecule has 1 aliphatic rings. The Morgan fingerprint density at radius 1 is 1.29 bits per heavy atom. The van der Waals surface area contributed by atoms with Crippen LogP contribution in [0.1, 0.15) is 48.5 Å². The van der Waals surface area contributed by atoms with Crippen molar-refractivity contribution in [3.8, 4) is 5.75 Å². The van der Waals surface area contributed by atoms with E-state index in [1.54, 1.807) is 0 Å². The molecule has 2 heteroatoms. The molecule has 0 aliphatic heterocycles. The van der Waals surface area contributed by atoms with E-state index < -0.39 is 0 Å². The van der Waals surface area contributed by atoms with Crippen LogP contribution in [0.5, 0.6) is 5.75 Å². The number of aldehydes is 1. The van der Waals surface area contributed by atoms with Gasteiger partial charge < -0.3 is 4.74 Å². The van der Waals surface area contributed by atoms with Gasteiger partial charge in [0.2, 0.25) is 0 Å². The third-order valence-electron chi connectivity index (χ3n) is 3.66. The van der Waals surface area contributed by atoms with Crippen LogP contribution in [0.25, 0.3) is 0 Å². The predicted molar refractivity (Wildman–Crippen MR) is 68.6 cm³/mol. The van der Waals surface area contributed by atoms with Gasteiger partial charge in [-0.15, -0.1) is 0 Å². The lowest BCUT2D eigenvalue weighted by molar-refractivity contribution is 0.101. The molecule has 0 N–H and O–H groups in total. The van der Waals surface area contributed by atoms with Crippen molar-refractivity contribution in [2.24, 2.45) is 5.92 Å². The predicted octanol–water partition coefficient (Wildman–Crippen LogP) is 3.77. The van der Waals surface area contributed by atoms with Gasteiger partial charge in [-0.3, -0.25) is 4.79 Å². The maximum atomic E-state index is 10.8. The van der Waals surface area contributed by atoms with Crippen molar-refractivity contribution in [2.45, 2.75) is 45.6 Å². The van der Waals surface area contributed by atoms with Gasteiger partial charge in [-0.2, -0.15) is 0 Å². The first kappa shape index (κ1) is 12.2. The van der Waals surface area contributed by atoms with Crippen molar-refractivity contribution < 1.29 is 9.53 Å². The Balaban J connectivity index is 2.13. The van der Waals surface area contributed by atoms with Crippen LogP contribution in [0.3, 0.4) is 0 Å². The van der Waals surface area contributed by atoms with Crippen LogP contribution in [0.15, 0.2) is 18.2 Å². The number of carbonyl (C=O) groups is 1. The van der Waals surface area contributed by atoms with Crippen molar-refractivity contribution in [1.82, 2.24) is 0 Å². The number of benzene rings is 1. The van der Waals surface area contributed by atoms with Crippen molar-refractivity contribution in [3.05, 3.63) is 29.3 Å². The van der Waals surface area contributed by atoms with Gasteiger partial charge in [0.1, 0.15) is 18.1 Å². The van der Waals surface area contributed by atoms with Gasteiger partial charge in [-0.1, -0.05) is 25.5 Å². The average molecular weight is 232 g/mol. The fourth-order valence-electron chi connectivity index (χ4n) is 2.44. The smallest absolute Gasteiger partial charge is 0.150 e. The largest absolute Gasteiger partial charge is 0.490 e. The van der Waals surface area contributed by atoms with Crippen molar-refractivity contribution in [1.29, 1.82) is 0 Å². The van der Waals surface area contributed by atoms with E-state index in [0.717, 1.165) is 24.0 Å². The van der Waals surface area contributed by atoms with Crippen molar-refractivity contribution in [2.75, 3.05) is 0 Å². The normalized spacial score (nSPS) is 24.4. The lowest BCUT2D eigenvalue weighted by Crippen LogP contribution is -2.28. The number of aryl methyl sites for hydroxylation is 1. The zero-order valence-corrected chi connectivity index (χ0v) is 10.6. The molecule has 0 aromatic heterocycles. The van der Waals surface area contributed by atoms with Gasteiger partial charge in [0.15, 0.2) is 0 Å². The zero-order valence-electron chi connectivity index (χ0n) is 10.6. The molecule has 0 amide bonds. The summed E-state index contributed by atoms with van der Waals surface area (Å²) in [5, 5.41) is 0. The first-order chi connectivity index (χ1) is 8.20. The molecule has 2 nitrogen and oxygen atoms in total. The number of carbonyl (C=O) groups excluding carboxylic acids is 1. The highest BCUT2D eigenvalue weighted by atomic mass is 16.5. The van der Waals surface area contributed by atoms with Gasteiger partial charge in [-0.05, 0) is 43.7 Å². The molecule has 0 bridgehead atoms. The maximum absolute atomic E-state index is 10.8. The standard InChI is InChI=1S/C15H20O2/c1-11-5-3-4-6-14(11)17-15-9-13(10-16)8-7-12(15)2/h7-11,14H,3-6H2,1-2H3. The minimum absolute atomic E-state index is 0.310. The first-order valence-corrected chi connectivity index (χ1v) is 6.43. The van der Waals surface area contributed by atoms with E-state index in [9.17, 15) is 4.79 Å². The fraction of sp³-hybridized carbons (Fsp3) is 0.533. The molecule has 1 aromatic rings. The lowest BCUT2D eigenvalue weighted by Gasteiger charge is -2.30. The van der Waals surface area contributed by atoms with Crippen LogP contribution in [0.2, 0.25) is 0 Å². The molecule has 1 fully saturated rings. The van der Waals surface area contributed by atoms with Gasteiger partial charge in [-0.25, -0.2) is 0 Å². The van der Waals surface area contributed by atoms with Crippen LogP contribution >= 0.6 is 0 Å². The van der Waals surface area contributed by atoms with E-state index in [1.165, 1.54) is 19.3 Å². The molecule has 92 valence electrons. The third kappa shape index (κ3) is 2.87. The summed E-state index contributed by atoms with van der Waals surface area (Å²) in [5.41, 5.74) is 1.79. The minimum atomic E-state index is 0.310. The molecule has 1 saturated carbocycles. The summed E-state index contributed by atoms with van der Waals surface area (Å²) in [6.45, 7) is 4.28. The first-order valence-electron chi connectivity index (χ1n) is 6.43. The van der Waals surface area contributed by atoms with Crippen molar-refractivity contribution >= 4 is 6.29 Å². The Bertz CT molecular complexity index is 398. The van der Waals surface area contributed by atoms with Gasteiger partial charge >= 0.3 is 0 Å². The van der Waals surface area contributed by atoms with Gasteiger partial charge in [0.25, 0.3) is 0 Å². The second-order valence-electron chi connectivity index (χ2n) is 5.06. The van der Waals surface area contributed by atoms with E-state index in [4.69, 9.17) is 4.74 Å². The Morgan fingerprint density at radius 3 is 2.76 bits per heavy atom. The molecular weight excluding hydrogens is 212 g/mol. The average Bonchev–Trinajstić information content (AvgIpc) is 2.35. The third-order valence-corrected chi connectivity index (χ3v) is 3.66. The summed E-state index contributed by atoms with van der Waals surface area (Å²) in [5.74, 6) is 1.48. The van der Waals surface area contributed by atoms with E-state index in [-0.39, 0.29) is 0 Å². The molecule has 0 saturated heterocycles. The van der Waals surface area contributed by atoms with Crippen LogP contribution < -0.4 is 4.74 Å². The highest BCUT2D eigenvalue weighted by molar-refractivity contribution is 5.75. The number of hydrogen-bond donors (Lipinski definition) is 0. The van der Waals surface area contributed by atoms with Crippen LogP contribution in [-0.2, 0) is 0 Å². The number of ether oxygens (including phenoxy) is 1. The topological polar surface area (TPSA) is 26.3 Å². The minimum Gasteiger partial charge on any atom is -0.490 e. The molecule has 2 unspecified atom stereocenters. The summed E-state index contributed by atoms with van der Waals surface area (Å²) in [6.07, 6.45) is 6.12. The van der Waals surface area contributed by atoms with E-state index in [1.807, 2.05) is 25.1 Å². The summed E-state index contributed by atoms with van der Waals surface area (Å²) >= 11 is 0. The molecule has 0 heterocycles. The molecule has 1 aromatic carbocycles. The molecule has 0 spiro atoms. The number of rotatable bonds is 3. The second-order valence-corrected chi connectivity index (χ2v) is 5.06. The van der Waals surface area contributed by atoms with Crippen LogP contribution in [0, 0.1) is 12.8 Å². The van der Waals surface area contributed by atoms with E-state index >= 15 is 0 Å². The molecular formula is C15H20O2. The van der Waals surface area contributed by atoms with E-state index in [0.29, 0.717) is 17.6 Å². The zero-order chi connectivity index (χ0) is 12.3. The highest BCUT2D eigenvalue weighted by Crippen LogP contribution is 2.29. The molecule has 1 aliphatic carbocycles. The summed E-state index contributed by atoms with van der Waals surface area (Å²) in [7, 11) is 0. The van der Waals surface area contributed by atoms with Gasteiger partial charge in [0, 0.05) is 5.56 Å². The maximum Gasteiger partial charge on any atom is 0.150 e. The highest BCUT2D eigenvalue weighted by Gasteiger charge is 2.23. The molecule has 0 radical (unpaired) electrons. The Kier molecular flexibility index (Phi) is 3.82. The van der Waals surface area contributed by atoms with Crippen LogP contribution in [-0.4, -0.2) is 12.4 Å². The summed E-state index contributed by atoms with van der Waals surface area (Å²) in [4.78, 5) is 10.8. The molecule has 17 heavy (non-hydrogen) atoms. The second kappa shape index (κ2) is 5.35. The fourth-order valence-corrected chi connectivity index (χ4v) is 2.44. The Morgan fingerprint density at radius 2 is 2.06 bits per heavy atom. The monoisotopic (exact) mass is 232 g/mol. The quantitative estimate of drug-likeness (QED) is 0.742. The molecule has 2 atom stereocenters. The summed E-state index contributed by atoms with van der Waals surface area (Å²) < 4.78 is 6.08. The molecule has 2 rings (SSSR count). The lowest BCUT2D eigenvalue weighted by atomic mass is 9.88. The van der Waals surface area contributed by atoms with E-state index in [2.05, 4.69) is 6.92 Å². The van der Waals surface area contributed by atoms with Gasteiger partial charge in [0.05, 0.1) is 0 Å². The SMILES string of the molecule is Cc1ccc(C=O)cc1OC1CCCCC1C. The Labute approximate surface area is 103 Å². The summed E-state index contributed by atoms with van der Waals surface area (Å²) in [6, 6.07) is 5.63.